The number of carbonyl (C=O) groups is 18. The predicted octanol–water partition coefficient (Wildman–Crippen LogP) is -6.15. The number of fused-ring (bicyclic) bond motifs is 1. The number of H-pyrrole nitrogens is 1. The molecule has 43 nitrogen and oxygen atoms in total. The van der Waals surface area contributed by atoms with Gasteiger partial charge in [-0.15, -0.1) is 0 Å². The molecule has 2 heterocycles. The number of aromatic nitrogens is 1. The van der Waals surface area contributed by atoms with Crippen molar-refractivity contribution < 1.29 is 102 Å². The van der Waals surface area contributed by atoms with Gasteiger partial charge < -0.3 is 129 Å². The second kappa shape index (κ2) is 49.1. The molecule has 1 aliphatic rings. The lowest BCUT2D eigenvalue weighted by molar-refractivity contribution is -0.143. The number of amides is 17. The number of aliphatic hydroxyl groups excluding tert-OH is 1. The average Bonchev–Trinajstić information content (AvgIpc) is 1.60. The molecule has 30 N–H and O–H groups in total. The largest absolute Gasteiger partial charge is 0.508 e. The summed E-state index contributed by atoms with van der Waals surface area (Å²) in [5, 5.41) is 70.1. The van der Waals surface area contributed by atoms with Crippen molar-refractivity contribution in [1.29, 1.82) is 5.41 Å². The Morgan fingerprint density at radius 2 is 0.888 bits per heavy atom. The van der Waals surface area contributed by atoms with Crippen molar-refractivity contribution in [3.8, 4) is 5.75 Å². The number of phenols is 1. The number of carbonyl (C=O) groups excluding carboxylic acids is 17. The molecule has 1 aliphatic heterocycles. The van der Waals surface area contributed by atoms with Crippen LogP contribution in [0, 0.1) is 17.2 Å². The smallest absolute Gasteiger partial charge is 0.305 e. The molecule has 1 saturated heterocycles. The van der Waals surface area contributed by atoms with Gasteiger partial charge >= 0.3 is 5.97 Å². The van der Waals surface area contributed by atoms with Gasteiger partial charge in [0, 0.05) is 55.9 Å². The number of benzene rings is 4. The van der Waals surface area contributed by atoms with Crippen molar-refractivity contribution in [3.63, 3.8) is 0 Å². The van der Waals surface area contributed by atoms with E-state index >= 15 is 0 Å². The standard InChI is InChI=1S/C82H112N22O21/c1-42(2)29-54(73(117)94-52(21-13-27-90-82(88)89)72(116)95-53(69(87)113)31-44-15-7-5-8-16-44)93-67(110)40-92-71(115)55(32-45-17-9-6-10-18-45)96-79(123)62(41-105)103-78(122)59(37-65(85)108)100-75(119)57(34-47-39-91-51-20-12-11-19-49(47)51)98-76(120)58(36-64(84)107)99-74(118)56(33-46-23-25-48(106)26-24-46)97-77(121)60(38-66(86)109)101-80(124)63-22-14-28-104(63)81(125)61(30-43(3)4)102-70(114)50(83)35-68(111)112/h5-12,15-20,23-26,39,42-43,50,52-63,91,105-106H,13-14,21-22,27-38,40-41,83H2,1-4H3,(H2,84,107)(H2,85,108)(H2,86,109)(H2,87,113)(H,92,115)(H,93,110)(H,94,117)(H,95,116)(H,96,123)(H,97,121)(H,98,120)(H,99,118)(H,100,119)(H,101,124)(H,102,114)(H,103,122)(H,111,112)(H4,88,89,90)/t50-,52-,53-,54-,55-,56-,57-,58-,59-,60-,61-,62-,63-/m0/s1. The van der Waals surface area contributed by atoms with Crippen LogP contribution >= 0.6 is 0 Å². The first-order valence-electron chi connectivity index (χ1n) is 40.3. The summed E-state index contributed by atoms with van der Waals surface area (Å²) in [6, 6.07) is 7.10. The molecule has 676 valence electrons. The molecule has 0 bridgehead atoms. The highest BCUT2D eigenvalue weighted by Crippen LogP contribution is 2.24. The van der Waals surface area contributed by atoms with Crippen LogP contribution in [0.15, 0.2) is 115 Å². The molecule has 0 spiro atoms. The van der Waals surface area contributed by atoms with Crippen LogP contribution in [0.5, 0.6) is 5.75 Å². The minimum atomic E-state index is -2.06. The van der Waals surface area contributed by atoms with Crippen molar-refractivity contribution >= 4 is 123 Å². The van der Waals surface area contributed by atoms with Gasteiger partial charge in [-0.3, -0.25) is 91.7 Å². The number of phenolic OH excluding ortho intramolecular Hbond substituents is 1. The second-order valence-electron chi connectivity index (χ2n) is 31.0. The van der Waals surface area contributed by atoms with E-state index in [1.54, 1.807) is 113 Å². The van der Waals surface area contributed by atoms with Gasteiger partial charge in [0.2, 0.25) is 100 Å². The summed E-state index contributed by atoms with van der Waals surface area (Å²) >= 11 is 0. The molecule has 4 aromatic carbocycles. The van der Waals surface area contributed by atoms with E-state index in [0.717, 1.165) is 4.90 Å². The number of carboxylic acid groups (broad SMARTS) is 1. The molecule has 0 radical (unpaired) electrons. The highest BCUT2D eigenvalue weighted by Gasteiger charge is 2.42. The molecule has 13 atom stereocenters. The van der Waals surface area contributed by atoms with Crippen molar-refractivity contribution in [2.45, 2.75) is 196 Å². The molecule has 5 aromatic rings. The zero-order chi connectivity index (χ0) is 92.3. The first-order chi connectivity index (χ1) is 59.2. The summed E-state index contributed by atoms with van der Waals surface area (Å²) < 4.78 is 0. The van der Waals surface area contributed by atoms with E-state index in [0.29, 0.717) is 27.6 Å². The van der Waals surface area contributed by atoms with E-state index in [1.165, 1.54) is 30.5 Å². The molecule has 125 heavy (non-hydrogen) atoms. The van der Waals surface area contributed by atoms with Crippen molar-refractivity contribution in [1.82, 2.24) is 79.0 Å². The lowest BCUT2D eigenvalue weighted by Gasteiger charge is -2.31. The molecule has 0 aliphatic carbocycles. The fraction of sp³-hybridized carbons (Fsp3) is 0.451. The van der Waals surface area contributed by atoms with Gasteiger partial charge in [-0.2, -0.15) is 0 Å². The van der Waals surface area contributed by atoms with Crippen LogP contribution in [-0.4, -0.2) is 242 Å². The number of aliphatic hydroxyl groups is 1. The summed E-state index contributed by atoms with van der Waals surface area (Å²) in [6.45, 7) is 4.99. The summed E-state index contributed by atoms with van der Waals surface area (Å²) in [5.74, 6) is -20.9. The van der Waals surface area contributed by atoms with Gasteiger partial charge in [-0.25, -0.2) is 0 Å². The number of nitrogens with two attached hydrogens (primary N) is 6. The molecule has 43 heteroatoms. The number of aliphatic carboxylic acids is 1. The molecular formula is C82H112N22O21. The third-order valence-electron chi connectivity index (χ3n) is 19.8. The Bertz CT molecular complexity index is 4670. The number of aromatic hydroxyl groups is 1. The van der Waals surface area contributed by atoms with Crippen LogP contribution < -0.4 is 104 Å². The molecule has 0 saturated carbocycles. The van der Waals surface area contributed by atoms with Crippen LogP contribution in [0.3, 0.4) is 0 Å². The lowest BCUT2D eigenvalue weighted by atomic mass is 10.0. The minimum absolute atomic E-state index is 0.00436. The summed E-state index contributed by atoms with van der Waals surface area (Å²) in [5.41, 5.74) is 36.0. The summed E-state index contributed by atoms with van der Waals surface area (Å²) in [7, 11) is 0. The van der Waals surface area contributed by atoms with E-state index in [1.807, 2.05) is 0 Å². The minimum Gasteiger partial charge on any atom is -0.508 e. The Morgan fingerprint density at radius 3 is 1.40 bits per heavy atom. The normalized spacial score (nSPS) is 15.2. The number of rotatable bonds is 51. The van der Waals surface area contributed by atoms with E-state index in [2.05, 4.69) is 74.1 Å². The third kappa shape index (κ3) is 33.3. The maximum atomic E-state index is 14.9. The number of likely N-dealkylation sites (tertiary alicyclic amines) is 1. The number of carboxylic acids is 1. The number of primary amides is 4. The number of aromatic amines is 1. The van der Waals surface area contributed by atoms with E-state index in [9.17, 15) is 102 Å². The zero-order valence-corrected chi connectivity index (χ0v) is 69.5. The molecule has 0 unspecified atom stereocenters. The van der Waals surface area contributed by atoms with E-state index < -0.39 is 237 Å². The number of hydrogen-bond acceptors (Lipinski definition) is 22. The maximum Gasteiger partial charge on any atom is 0.305 e. The summed E-state index contributed by atoms with van der Waals surface area (Å²) in [4.78, 5) is 252. The monoisotopic (exact) mass is 1740 g/mol. The van der Waals surface area contributed by atoms with Crippen LogP contribution in [0.1, 0.15) is 114 Å². The highest BCUT2D eigenvalue weighted by molar-refractivity contribution is 6.02. The number of guanidine groups is 1. The first kappa shape index (κ1) is 99.7. The van der Waals surface area contributed by atoms with Crippen LogP contribution in [0.2, 0.25) is 0 Å². The number of hydrogen-bond donors (Lipinski definition) is 24. The van der Waals surface area contributed by atoms with Crippen LogP contribution in [-0.2, 0) is 112 Å². The van der Waals surface area contributed by atoms with Gasteiger partial charge in [0.1, 0.15) is 78.3 Å². The number of para-hydroxylation sites is 1. The average molecular weight is 1740 g/mol. The van der Waals surface area contributed by atoms with Crippen molar-refractivity contribution in [3.05, 3.63) is 138 Å². The SMILES string of the molecule is CC(C)C[C@H](NC(=O)CNC(=O)[C@H](Cc1ccccc1)NC(=O)[C@H](CO)NC(=O)[C@H](CC(N)=O)NC(=O)[C@H](Cc1c[nH]c2ccccc12)NC(=O)[C@H](CC(N)=O)NC(=O)[C@H](Cc1ccc(O)cc1)NC(=O)[C@H](CC(N)=O)NC(=O)[C@@H]1CCCN1C(=O)[C@H](CC(C)C)NC(=O)[C@@H](N)CC(=O)O)C(=O)N[C@@H](CCCNC(=N)N)C(=O)N[C@@H](Cc1ccccc1)C(N)=O. The lowest BCUT2D eigenvalue weighted by Crippen LogP contribution is -2.62. The molecule has 1 fully saturated rings. The molecule has 1 aromatic heterocycles. The van der Waals surface area contributed by atoms with Gasteiger partial charge in [0.15, 0.2) is 5.96 Å². The Labute approximate surface area is 718 Å². The molecule has 6 rings (SSSR count). The quantitative estimate of drug-likeness (QED) is 0.00979. The van der Waals surface area contributed by atoms with Gasteiger partial charge in [0.25, 0.3) is 0 Å². The fourth-order valence-corrected chi connectivity index (χ4v) is 13.6. The van der Waals surface area contributed by atoms with Crippen molar-refractivity contribution in [2.24, 2.45) is 46.2 Å². The second-order valence-corrected chi connectivity index (χ2v) is 31.0. The zero-order valence-electron chi connectivity index (χ0n) is 69.5. The highest BCUT2D eigenvalue weighted by atomic mass is 16.4. The Balaban J connectivity index is 1.21. The van der Waals surface area contributed by atoms with Gasteiger partial charge in [-0.1, -0.05) is 119 Å². The predicted molar refractivity (Wildman–Crippen MR) is 449 cm³/mol. The Morgan fingerprint density at radius 1 is 0.464 bits per heavy atom. The van der Waals surface area contributed by atoms with E-state index in [4.69, 9.17) is 39.8 Å². The van der Waals surface area contributed by atoms with Crippen LogP contribution in [0.4, 0.5) is 0 Å². The van der Waals surface area contributed by atoms with Gasteiger partial charge in [0.05, 0.1) is 44.9 Å². The van der Waals surface area contributed by atoms with Gasteiger partial charge in [-0.05, 0) is 90.8 Å². The maximum absolute atomic E-state index is 14.9. The third-order valence-corrected chi connectivity index (χ3v) is 19.8. The Kier molecular flexibility index (Phi) is 39.2. The fourth-order valence-electron chi connectivity index (χ4n) is 13.6. The first-order valence-corrected chi connectivity index (χ1v) is 40.3. The topological polar surface area (TPSA) is 723 Å². The molecular weight excluding hydrogens is 1630 g/mol. The van der Waals surface area contributed by atoms with E-state index in [-0.39, 0.29) is 93.6 Å². The number of nitrogens with zero attached hydrogens (tertiary/aromatic N) is 1. The van der Waals surface area contributed by atoms with Crippen molar-refractivity contribution in [2.75, 3.05) is 26.2 Å². The number of nitrogens with one attached hydrogen (secondary N) is 15. The Hall–Kier alpha value is -14.1. The molecule has 17 amide bonds. The van der Waals surface area contributed by atoms with Crippen LogP contribution in [0.25, 0.3) is 10.9 Å². The summed E-state index contributed by atoms with van der Waals surface area (Å²) in [6.07, 6.45) is -3.15.